The van der Waals surface area contributed by atoms with E-state index >= 15 is 0 Å². The third-order valence-electron chi connectivity index (χ3n) is 3.77. The molecule has 3 heterocycles. The predicted octanol–water partition coefficient (Wildman–Crippen LogP) is 4.39. The van der Waals surface area contributed by atoms with Crippen LogP contribution in [0.15, 0.2) is 23.1 Å². The number of hydrogen-bond donors (Lipinski definition) is 1. The molecule has 0 radical (unpaired) electrons. The van der Waals surface area contributed by atoms with Gasteiger partial charge in [-0.1, -0.05) is 5.11 Å². The minimum atomic E-state index is -0.691. The molecule has 0 aliphatic heterocycles. The molecule has 0 aliphatic carbocycles. The standard InChI is InChI=1S/C18H18N6O4S2/c1-3-27-17(25)12-8-14-16(21-12)22-15(30-14)5-4-6-28-18(26)13(23-24-19)7-11-9-20-10(2)29-11/h7-9,21H,3-6H2,1-2H3/b13-7-. The van der Waals surface area contributed by atoms with Crippen LogP contribution in [0.2, 0.25) is 0 Å². The zero-order chi connectivity index (χ0) is 21.5. The summed E-state index contributed by atoms with van der Waals surface area (Å²) in [6, 6.07) is 1.71. The number of carbonyl (C=O) groups is 2. The maximum atomic E-state index is 12.2. The lowest BCUT2D eigenvalue weighted by atomic mass is 10.3. The van der Waals surface area contributed by atoms with Crippen LogP contribution in [-0.2, 0) is 20.7 Å². The lowest BCUT2D eigenvalue weighted by Gasteiger charge is -2.03. The van der Waals surface area contributed by atoms with Gasteiger partial charge in [0.05, 0.1) is 27.9 Å². The molecule has 1 N–H and O–H groups in total. The summed E-state index contributed by atoms with van der Waals surface area (Å²) in [6.07, 6.45) is 4.20. The van der Waals surface area contributed by atoms with Crippen molar-refractivity contribution >= 4 is 51.0 Å². The van der Waals surface area contributed by atoms with Crippen molar-refractivity contribution in [1.82, 2.24) is 15.0 Å². The van der Waals surface area contributed by atoms with Gasteiger partial charge >= 0.3 is 11.9 Å². The first-order chi connectivity index (χ1) is 14.5. The number of thiazole rings is 2. The summed E-state index contributed by atoms with van der Waals surface area (Å²) in [4.78, 5) is 38.8. The van der Waals surface area contributed by atoms with Crippen molar-refractivity contribution in [3.8, 4) is 0 Å². The van der Waals surface area contributed by atoms with E-state index in [1.54, 1.807) is 19.2 Å². The van der Waals surface area contributed by atoms with Crippen LogP contribution < -0.4 is 0 Å². The lowest BCUT2D eigenvalue weighted by Crippen LogP contribution is -2.08. The number of aromatic nitrogens is 3. The highest BCUT2D eigenvalue weighted by molar-refractivity contribution is 7.18. The van der Waals surface area contributed by atoms with Crippen LogP contribution in [0.3, 0.4) is 0 Å². The second-order valence-electron chi connectivity index (χ2n) is 5.96. The fourth-order valence-corrected chi connectivity index (χ4v) is 4.23. The molecule has 0 aliphatic rings. The molecule has 0 saturated carbocycles. The van der Waals surface area contributed by atoms with Crippen molar-refractivity contribution in [3.63, 3.8) is 0 Å². The molecule has 3 rings (SSSR count). The van der Waals surface area contributed by atoms with E-state index in [0.29, 0.717) is 35.7 Å². The first-order valence-corrected chi connectivity index (χ1v) is 10.6. The molecule has 3 aromatic rings. The Hall–Kier alpha value is -3.21. The molecule has 0 unspecified atom stereocenters. The van der Waals surface area contributed by atoms with Gasteiger partial charge in [0.15, 0.2) is 0 Å². The summed E-state index contributed by atoms with van der Waals surface area (Å²) >= 11 is 2.83. The maximum absolute atomic E-state index is 12.2. The largest absolute Gasteiger partial charge is 0.462 e. The number of carbonyl (C=O) groups excluding carboxylic acids is 2. The Kier molecular flexibility index (Phi) is 7.17. The Morgan fingerprint density at radius 3 is 2.87 bits per heavy atom. The number of rotatable bonds is 9. The van der Waals surface area contributed by atoms with E-state index in [9.17, 15) is 9.59 Å². The van der Waals surface area contributed by atoms with Crippen LogP contribution in [-0.4, -0.2) is 40.1 Å². The Bertz CT molecular complexity index is 1110. The number of aromatic amines is 1. The first kappa shape index (κ1) is 21.5. The Balaban J connectivity index is 1.52. The summed E-state index contributed by atoms with van der Waals surface area (Å²) < 4.78 is 11.0. The molecule has 30 heavy (non-hydrogen) atoms. The number of nitrogens with one attached hydrogen (secondary N) is 1. The van der Waals surface area contributed by atoms with E-state index in [0.717, 1.165) is 14.7 Å². The lowest BCUT2D eigenvalue weighted by molar-refractivity contribution is -0.139. The molecule has 0 fully saturated rings. The normalized spacial score (nSPS) is 11.3. The van der Waals surface area contributed by atoms with Crippen LogP contribution in [0, 0.1) is 6.92 Å². The van der Waals surface area contributed by atoms with Crippen molar-refractivity contribution in [1.29, 1.82) is 0 Å². The summed E-state index contributed by atoms with van der Waals surface area (Å²) in [7, 11) is 0. The summed E-state index contributed by atoms with van der Waals surface area (Å²) in [5.74, 6) is -1.10. The molecule has 12 heteroatoms. The van der Waals surface area contributed by atoms with Crippen LogP contribution >= 0.6 is 22.7 Å². The van der Waals surface area contributed by atoms with Crippen LogP contribution in [0.1, 0.15) is 38.7 Å². The number of fused-ring (bicyclic) bond motifs is 1. The van der Waals surface area contributed by atoms with Gasteiger partial charge < -0.3 is 14.5 Å². The van der Waals surface area contributed by atoms with Gasteiger partial charge in [-0.25, -0.2) is 19.6 Å². The third kappa shape index (κ3) is 5.44. The zero-order valence-corrected chi connectivity index (χ0v) is 17.9. The van der Waals surface area contributed by atoms with Gasteiger partial charge in [-0.3, -0.25) is 0 Å². The number of hydrogen-bond acceptors (Lipinski definition) is 9. The first-order valence-electron chi connectivity index (χ1n) is 9.02. The fraction of sp³-hybridized carbons (Fsp3) is 0.333. The fourth-order valence-electron chi connectivity index (χ4n) is 2.50. The van der Waals surface area contributed by atoms with Gasteiger partial charge in [0.2, 0.25) is 0 Å². The molecule has 3 aromatic heterocycles. The van der Waals surface area contributed by atoms with E-state index in [1.165, 1.54) is 28.7 Å². The quantitative estimate of drug-likeness (QED) is 0.129. The molecule has 0 amide bonds. The highest BCUT2D eigenvalue weighted by Gasteiger charge is 2.14. The summed E-state index contributed by atoms with van der Waals surface area (Å²) in [6.45, 7) is 4.05. The molecule has 0 atom stereocenters. The van der Waals surface area contributed by atoms with Crippen molar-refractivity contribution in [2.45, 2.75) is 26.7 Å². The number of nitrogens with zero attached hydrogens (tertiary/aromatic N) is 5. The number of esters is 2. The molecule has 156 valence electrons. The minimum absolute atomic E-state index is 0.116. The Labute approximate surface area is 179 Å². The van der Waals surface area contributed by atoms with Crippen molar-refractivity contribution in [2.75, 3.05) is 13.2 Å². The SMILES string of the molecule is CCOC(=O)c1cc2sc(CCCOC(=O)/C(=C/c3cnc(C)s3)N=[N+]=[N-])nc2[nH]1. The van der Waals surface area contributed by atoms with Gasteiger partial charge in [-0.2, -0.15) is 0 Å². The predicted molar refractivity (Wildman–Crippen MR) is 113 cm³/mol. The monoisotopic (exact) mass is 446 g/mol. The summed E-state index contributed by atoms with van der Waals surface area (Å²) in [5.41, 5.74) is 9.57. The number of ether oxygens (including phenoxy) is 2. The topological polar surface area (TPSA) is 143 Å². The van der Waals surface area contributed by atoms with Crippen molar-refractivity contribution < 1.29 is 19.1 Å². The van der Waals surface area contributed by atoms with E-state index in [-0.39, 0.29) is 12.3 Å². The van der Waals surface area contributed by atoms with Crippen LogP contribution in [0.4, 0.5) is 0 Å². The van der Waals surface area contributed by atoms with Gasteiger partial charge in [0.25, 0.3) is 0 Å². The number of aryl methyl sites for hydroxylation is 2. The minimum Gasteiger partial charge on any atom is -0.462 e. The second kappa shape index (κ2) is 10.0. The number of azide groups is 1. The van der Waals surface area contributed by atoms with Crippen LogP contribution in [0.5, 0.6) is 0 Å². The zero-order valence-electron chi connectivity index (χ0n) is 16.2. The molecular weight excluding hydrogens is 428 g/mol. The highest BCUT2D eigenvalue weighted by atomic mass is 32.1. The van der Waals surface area contributed by atoms with Gasteiger partial charge in [0, 0.05) is 22.4 Å². The highest BCUT2D eigenvalue weighted by Crippen LogP contribution is 2.24. The molecule has 10 nitrogen and oxygen atoms in total. The Morgan fingerprint density at radius 1 is 1.37 bits per heavy atom. The maximum Gasteiger partial charge on any atom is 0.354 e. The average Bonchev–Trinajstić information content (AvgIpc) is 3.39. The number of H-pyrrole nitrogens is 1. The van der Waals surface area contributed by atoms with Crippen molar-refractivity contribution in [3.05, 3.63) is 49.0 Å². The van der Waals surface area contributed by atoms with Gasteiger partial charge in [-0.05, 0) is 37.9 Å². The van der Waals surface area contributed by atoms with E-state index in [4.69, 9.17) is 15.0 Å². The van der Waals surface area contributed by atoms with Gasteiger partial charge in [-0.15, -0.1) is 22.7 Å². The third-order valence-corrected chi connectivity index (χ3v) is 5.69. The van der Waals surface area contributed by atoms with E-state index in [2.05, 4.69) is 25.0 Å². The van der Waals surface area contributed by atoms with Gasteiger partial charge in [0.1, 0.15) is 17.0 Å². The summed E-state index contributed by atoms with van der Waals surface area (Å²) in [5, 5.41) is 5.11. The average molecular weight is 447 g/mol. The molecule has 0 spiro atoms. The molecule has 0 aromatic carbocycles. The molecule has 0 bridgehead atoms. The Morgan fingerprint density at radius 2 is 2.20 bits per heavy atom. The second-order valence-corrected chi connectivity index (χ2v) is 8.35. The smallest absolute Gasteiger partial charge is 0.354 e. The molecular formula is C18H18N6O4S2. The van der Waals surface area contributed by atoms with Crippen molar-refractivity contribution in [2.24, 2.45) is 5.11 Å². The molecule has 0 saturated heterocycles. The van der Waals surface area contributed by atoms with E-state index in [1.807, 2.05) is 6.92 Å². The van der Waals surface area contributed by atoms with E-state index < -0.39 is 11.9 Å². The van der Waals surface area contributed by atoms with Crippen LogP contribution in [0.25, 0.3) is 26.9 Å².